The van der Waals surface area contributed by atoms with Crippen molar-refractivity contribution < 1.29 is 4.79 Å². The molecule has 0 saturated carbocycles. The van der Waals surface area contributed by atoms with Crippen molar-refractivity contribution in [3.05, 3.63) is 40.8 Å². The fourth-order valence-corrected chi connectivity index (χ4v) is 2.01. The minimum Gasteiger partial charge on any atom is -0.298 e. The molecule has 0 amide bonds. The summed E-state index contributed by atoms with van der Waals surface area (Å²) in [7, 11) is 0. The summed E-state index contributed by atoms with van der Waals surface area (Å²) in [6.07, 6.45) is 3.14. The van der Waals surface area contributed by atoms with Gasteiger partial charge in [0.05, 0.1) is 11.3 Å². The first-order chi connectivity index (χ1) is 8.63. The zero-order chi connectivity index (χ0) is 13.1. The first kappa shape index (κ1) is 12.8. The van der Waals surface area contributed by atoms with Gasteiger partial charge in [-0.2, -0.15) is 5.10 Å². The van der Waals surface area contributed by atoms with Gasteiger partial charge in [-0.3, -0.25) is 4.79 Å². The van der Waals surface area contributed by atoms with Crippen molar-refractivity contribution in [2.24, 2.45) is 5.92 Å². The van der Waals surface area contributed by atoms with Gasteiger partial charge in [0.2, 0.25) is 0 Å². The molecular weight excluding hydrogens is 250 g/mol. The summed E-state index contributed by atoms with van der Waals surface area (Å²) in [5, 5.41) is 4.70. The van der Waals surface area contributed by atoms with E-state index in [1.807, 2.05) is 12.1 Å². The zero-order valence-electron chi connectivity index (χ0n) is 10.3. The summed E-state index contributed by atoms with van der Waals surface area (Å²) in [6.45, 7) is 4.14. The van der Waals surface area contributed by atoms with E-state index >= 15 is 0 Å². The van der Waals surface area contributed by atoms with Crippen molar-refractivity contribution >= 4 is 17.9 Å². The molecule has 0 aliphatic heterocycles. The maximum Gasteiger partial charge on any atom is 0.155 e. The van der Waals surface area contributed by atoms with E-state index in [0.717, 1.165) is 12.0 Å². The summed E-state index contributed by atoms with van der Waals surface area (Å²) in [5.41, 5.74) is 1.17. The summed E-state index contributed by atoms with van der Waals surface area (Å²) >= 11 is 6.18. The fourth-order valence-electron chi connectivity index (χ4n) is 1.74. The molecule has 94 valence electrons. The lowest BCUT2D eigenvalue weighted by Crippen LogP contribution is -2.01. The number of aromatic nitrogens is 3. The Labute approximate surface area is 111 Å². The molecule has 5 heteroatoms. The fraction of sp³-hybridized carbons (Fsp3) is 0.308. The predicted octanol–water partition coefficient (Wildman–Crippen LogP) is 2.93. The topological polar surface area (TPSA) is 47.8 Å². The van der Waals surface area contributed by atoms with Crippen LogP contribution in [0.15, 0.2) is 24.4 Å². The molecule has 4 nitrogen and oxygen atoms in total. The smallest absolute Gasteiger partial charge is 0.155 e. The highest BCUT2D eigenvalue weighted by Crippen LogP contribution is 2.23. The average Bonchev–Trinajstić information content (AvgIpc) is 2.66. The van der Waals surface area contributed by atoms with E-state index in [-0.39, 0.29) is 0 Å². The van der Waals surface area contributed by atoms with Crippen molar-refractivity contribution in [3.63, 3.8) is 0 Å². The third-order valence-electron chi connectivity index (χ3n) is 2.53. The molecule has 2 rings (SSSR count). The van der Waals surface area contributed by atoms with Gasteiger partial charge in [0.25, 0.3) is 0 Å². The minimum absolute atomic E-state index is 0.319. The summed E-state index contributed by atoms with van der Waals surface area (Å²) in [4.78, 5) is 15.3. The monoisotopic (exact) mass is 263 g/mol. The van der Waals surface area contributed by atoms with E-state index in [1.54, 1.807) is 12.3 Å². The van der Waals surface area contributed by atoms with Crippen molar-refractivity contribution in [1.82, 2.24) is 14.8 Å². The van der Waals surface area contributed by atoms with Crippen LogP contribution in [0, 0.1) is 5.92 Å². The van der Waals surface area contributed by atoms with Crippen molar-refractivity contribution in [2.45, 2.75) is 20.3 Å². The molecule has 0 aromatic carbocycles. The van der Waals surface area contributed by atoms with E-state index in [0.29, 0.717) is 28.9 Å². The Kier molecular flexibility index (Phi) is 3.77. The highest BCUT2D eigenvalue weighted by molar-refractivity contribution is 6.32. The number of aldehydes is 1. The van der Waals surface area contributed by atoms with Crippen LogP contribution >= 0.6 is 11.6 Å². The zero-order valence-corrected chi connectivity index (χ0v) is 11.1. The van der Waals surface area contributed by atoms with E-state index in [4.69, 9.17) is 11.6 Å². The van der Waals surface area contributed by atoms with Crippen LogP contribution in [0.1, 0.15) is 29.9 Å². The molecule has 0 bridgehead atoms. The Bertz CT molecular complexity index is 549. The number of halogens is 1. The van der Waals surface area contributed by atoms with Crippen molar-refractivity contribution in [3.8, 4) is 5.82 Å². The number of nitrogens with zero attached hydrogens (tertiary/aromatic N) is 3. The number of carbonyl (C=O) groups excluding carboxylic acids is 1. The van der Waals surface area contributed by atoms with Crippen molar-refractivity contribution in [2.75, 3.05) is 0 Å². The largest absolute Gasteiger partial charge is 0.298 e. The van der Waals surface area contributed by atoms with Crippen LogP contribution in [-0.2, 0) is 6.42 Å². The van der Waals surface area contributed by atoms with Gasteiger partial charge in [-0.05, 0) is 24.5 Å². The van der Waals surface area contributed by atoms with Gasteiger partial charge < -0.3 is 0 Å². The van der Waals surface area contributed by atoms with Gasteiger partial charge in [-0.15, -0.1) is 0 Å². The number of hydrogen-bond donors (Lipinski definition) is 0. The standard InChI is InChI=1S/C13H14ClN3O/c1-9(2)7-11-10(8-18)13(14)17(16-11)12-5-3-4-6-15-12/h3-6,8-9H,7H2,1-2H3. The maximum absolute atomic E-state index is 11.1. The summed E-state index contributed by atoms with van der Waals surface area (Å²) in [6, 6.07) is 5.46. The average molecular weight is 264 g/mol. The van der Waals surface area contributed by atoms with Gasteiger partial charge >= 0.3 is 0 Å². The van der Waals surface area contributed by atoms with E-state index in [1.165, 1.54) is 4.68 Å². The van der Waals surface area contributed by atoms with Gasteiger partial charge in [-0.25, -0.2) is 9.67 Å². The van der Waals surface area contributed by atoms with Crippen molar-refractivity contribution in [1.29, 1.82) is 0 Å². The maximum atomic E-state index is 11.1. The van der Waals surface area contributed by atoms with Crippen LogP contribution in [0.2, 0.25) is 5.15 Å². The molecule has 0 aliphatic carbocycles. The highest BCUT2D eigenvalue weighted by Gasteiger charge is 2.17. The van der Waals surface area contributed by atoms with Gasteiger partial charge in [-0.1, -0.05) is 31.5 Å². The molecule has 0 unspecified atom stereocenters. The lowest BCUT2D eigenvalue weighted by Gasteiger charge is -2.01. The molecule has 18 heavy (non-hydrogen) atoms. The Hall–Kier alpha value is -1.68. The van der Waals surface area contributed by atoms with Crippen LogP contribution in [0.4, 0.5) is 0 Å². The van der Waals surface area contributed by atoms with Crippen LogP contribution in [-0.4, -0.2) is 21.1 Å². The molecule has 0 atom stereocenters. The lowest BCUT2D eigenvalue weighted by atomic mass is 10.1. The number of carbonyl (C=O) groups is 1. The normalized spacial score (nSPS) is 10.9. The molecule has 0 spiro atoms. The SMILES string of the molecule is CC(C)Cc1nn(-c2ccccn2)c(Cl)c1C=O. The second kappa shape index (κ2) is 5.31. The third kappa shape index (κ3) is 2.43. The number of rotatable bonds is 4. The molecule has 2 aromatic heterocycles. The van der Waals surface area contributed by atoms with E-state index in [2.05, 4.69) is 23.9 Å². The van der Waals surface area contributed by atoms with Gasteiger partial charge in [0.1, 0.15) is 5.15 Å². The van der Waals surface area contributed by atoms with E-state index < -0.39 is 0 Å². The Morgan fingerprint density at radius 2 is 2.22 bits per heavy atom. The van der Waals surface area contributed by atoms with Crippen LogP contribution in [0.5, 0.6) is 0 Å². The second-order valence-electron chi connectivity index (χ2n) is 4.47. The molecular formula is C13H14ClN3O. The molecule has 2 heterocycles. The Morgan fingerprint density at radius 1 is 1.44 bits per heavy atom. The minimum atomic E-state index is 0.319. The third-order valence-corrected chi connectivity index (χ3v) is 2.89. The second-order valence-corrected chi connectivity index (χ2v) is 4.82. The summed E-state index contributed by atoms with van der Waals surface area (Å²) in [5.74, 6) is 1.02. The number of hydrogen-bond acceptors (Lipinski definition) is 3. The van der Waals surface area contributed by atoms with Gasteiger partial charge in [0, 0.05) is 6.20 Å². The quantitative estimate of drug-likeness (QED) is 0.797. The molecule has 0 fully saturated rings. The van der Waals surface area contributed by atoms with Crippen LogP contribution in [0.3, 0.4) is 0 Å². The highest BCUT2D eigenvalue weighted by atomic mass is 35.5. The molecule has 0 aliphatic rings. The molecule has 0 N–H and O–H groups in total. The van der Waals surface area contributed by atoms with E-state index in [9.17, 15) is 4.79 Å². The first-order valence-electron chi connectivity index (χ1n) is 5.77. The number of pyridine rings is 1. The molecule has 0 radical (unpaired) electrons. The Morgan fingerprint density at radius 3 is 2.78 bits per heavy atom. The summed E-state index contributed by atoms with van der Waals surface area (Å²) < 4.78 is 1.50. The molecule has 0 saturated heterocycles. The van der Waals surface area contributed by atoms with Gasteiger partial charge in [0.15, 0.2) is 12.1 Å². The van der Waals surface area contributed by atoms with Crippen LogP contribution < -0.4 is 0 Å². The van der Waals surface area contributed by atoms with Crippen LogP contribution in [0.25, 0.3) is 5.82 Å². The molecule has 2 aromatic rings. The Balaban J connectivity index is 2.50. The lowest BCUT2D eigenvalue weighted by molar-refractivity contribution is 0.112. The predicted molar refractivity (Wildman–Crippen MR) is 70.3 cm³/mol. The first-order valence-corrected chi connectivity index (χ1v) is 6.15.